The number of sulfone groups is 1. The Morgan fingerprint density at radius 2 is 1.81 bits per heavy atom. The second kappa shape index (κ2) is 6.87. The molecule has 5 heteroatoms. The molecule has 4 nitrogen and oxygen atoms in total. The van der Waals surface area contributed by atoms with Gasteiger partial charge in [-0.2, -0.15) is 5.26 Å². The molecular formula is C11H21NO3S. The lowest BCUT2D eigenvalue weighted by Gasteiger charge is -2.14. The molecule has 0 aromatic carbocycles. The average Bonchev–Trinajstić information content (AvgIpc) is 2.17. The third-order valence-electron chi connectivity index (χ3n) is 2.36. The first-order valence-corrected chi connectivity index (χ1v) is 7.26. The Morgan fingerprint density at radius 3 is 2.31 bits per heavy atom. The van der Waals surface area contributed by atoms with Crippen molar-refractivity contribution in [1.82, 2.24) is 0 Å². The van der Waals surface area contributed by atoms with Gasteiger partial charge in [-0.25, -0.2) is 8.42 Å². The predicted octanol–water partition coefficient (Wildman–Crippen LogP) is 1.77. The molecule has 94 valence electrons. The number of rotatable bonds is 8. The van der Waals surface area contributed by atoms with Crippen molar-refractivity contribution in [3.8, 4) is 6.07 Å². The van der Waals surface area contributed by atoms with Gasteiger partial charge in [0.05, 0.1) is 23.0 Å². The van der Waals surface area contributed by atoms with Crippen LogP contribution < -0.4 is 0 Å². The molecule has 16 heavy (non-hydrogen) atoms. The van der Waals surface area contributed by atoms with Gasteiger partial charge in [-0.05, 0) is 33.1 Å². The Hall–Kier alpha value is -0.600. The van der Waals surface area contributed by atoms with E-state index in [1.807, 2.05) is 13.8 Å². The van der Waals surface area contributed by atoms with Crippen LogP contribution in [0.15, 0.2) is 0 Å². The summed E-state index contributed by atoms with van der Waals surface area (Å²) in [4.78, 5) is 0. The summed E-state index contributed by atoms with van der Waals surface area (Å²) in [6, 6.07) is 2.17. The molecule has 0 saturated carbocycles. The van der Waals surface area contributed by atoms with E-state index < -0.39 is 15.3 Å². The third kappa shape index (κ3) is 7.66. The molecule has 0 fully saturated rings. The van der Waals surface area contributed by atoms with Gasteiger partial charge in [0.15, 0.2) is 0 Å². The van der Waals surface area contributed by atoms with Crippen LogP contribution in [0.25, 0.3) is 0 Å². The van der Waals surface area contributed by atoms with Gasteiger partial charge in [0.1, 0.15) is 9.84 Å². The van der Waals surface area contributed by atoms with Gasteiger partial charge in [-0.3, -0.25) is 0 Å². The number of nitrogens with zero attached hydrogens (tertiary/aromatic N) is 1. The summed E-state index contributed by atoms with van der Waals surface area (Å²) in [6.45, 7) is 4.12. The highest BCUT2D eigenvalue weighted by atomic mass is 32.2. The lowest BCUT2D eigenvalue weighted by Crippen LogP contribution is -2.15. The maximum atomic E-state index is 11.5. The minimum Gasteiger partial charge on any atom is -0.385 e. The molecule has 0 rings (SSSR count). The largest absolute Gasteiger partial charge is 0.385 e. The van der Waals surface area contributed by atoms with Crippen LogP contribution in [0.1, 0.15) is 33.1 Å². The van der Waals surface area contributed by atoms with E-state index in [0.29, 0.717) is 25.9 Å². The Labute approximate surface area is 98.5 Å². The van der Waals surface area contributed by atoms with Crippen LogP contribution in [0.4, 0.5) is 0 Å². The summed E-state index contributed by atoms with van der Waals surface area (Å²) in [5.74, 6) is 0.343. The maximum absolute atomic E-state index is 11.5. The smallest absolute Gasteiger partial charge is 0.150 e. The standard InChI is InChI=1S/C11H21NO3S/c1-11(2,10-12)6-4-8-16(13,14)9-5-7-15-3/h4-9H2,1-3H3. The van der Waals surface area contributed by atoms with Crippen molar-refractivity contribution in [2.45, 2.75) is 33.1 Å². The fourth-order valence-corrected chi connectivity index (χ4v) is 2.66. The van der Waals surface area contributed by atoms with Crippen LogP contribution in [0.5, 0.6) is 0 Å². The monoisotopic (exact) mass is 247 g/mol. The molecule has 0 atom stereocenters. The van der Waals surface area contributed by atoms with E-state index in [0.717, 1.165) is 0 Å². The first kappa shape index (κ1) is 15.4. The summed E-state index contributed by atoms with van der Waals surface area (Å²) in [5.41, 5.74) is -0.429. The van der Waals surface area contributed by atoms with Crippen LogP contribution in [-0.4, -0.2) is 33.6 Å². The quantitative estimate of drug-likeness (QED) is 0.613. The molecule has 0 amide bonds. The Balaban J connectivity index is 3.88. The molecular weight excluding hydrogens is 226 g/mol. The second-order valence-corrected chi connectivity index (χ2v) is 6.90. The SMILES string of the molecule is COCCCS(=O)(=O)CCCC(C)(C)C#N. The Bertz CT molecular complexity index is 328. The van der Waals surface area contributed by atoms with Crippen molar-refractivity contribution < 1.29 is 13.2 Å². The molecule has 0 bridgehead atoms. The van der Waals surface area contributed by atoms with E-state index in [-0.39, 0.29) is 11.5 Å². The van der Waals surface area contributed by atoms with E-state index in [1.165, 1.54) is 0 Å². The average molecular weight is 247 g/mol. The number of nitriles is 1. The van der Waals surface area contributed by atoms with Gasteiger partial charge in [0.25, 0.3) is 0 Å². The van der Waals surface area contributed by atoms with Gasteiger partial charge in [-0.1, -0.05) is 0 Å². The molecule has 0 aliphatic heterocycles. The minimum atomic E-state index is -2.97. The van der Waals surface area contributed by atoms with E-state index in [9.17, 15) is 8.42 Å². The zero-order valence-electron chi connectivity index (χ0n) is 10.3. The van der Waals surface area contributed by atoms with E-state index in [4.69, 9.17) is 10.00 Å². The molecule has 0 unspecified atom stereocenters. The summed E-state index contributed by atoms with van der Waals surface area (Å²) in [7, 11) is -1.42. The van der Waals surface area contributed by atoms with Crippen LogP contribution in [0.3, 0.4) is 0 Å². The lowest BCUT2D eigenvalue weighted by molar-refractivity contribution is 0.199. The predicted molar refractivity (Wildman–Crippen MR) is 63.8 cm³/mol. The highest BCUT2D eigenvalue weighted by molar-refractivity contribution is 7.91. The van der Waals surface area contributed by atoms with Crippen molar-refractivity contribution in [2.75, 3.05) is 25.2 Å². The highest BCUT2D eigenvalue weighted by Gasteiger charge is 2.18. The topological polar surface area (TPSA) is 67.2 Å². The van der Waals surface area contributed by atoms with Gasteiger partial charge in [-0.15, -0.1) is 0 Å². The number of hydrogen-bond donors (Lipinski definition) is 0. The zero-order valence-corrected chi connectivity index (χ0v) is 11.1. The van der Waals surface area contributed by atoms with Crippen molar-refractivity contribution in [3.05, 3.63) is 0 Å². The lowest BCUT2D eigenvalue weighted by atomic mass is 9.90. The van der Waals surface area contributed by atoms with Gasteiger partial charge < -0.3 is 4.74 Å². The Kier molecular flexibility index (Phi) is 6.61. The normalized spacial score (nSPS) is 12.4. The number of hydrogen-bond acceptors (Lipinski definition) is 4. The third-order valence-corrected chi connectivity index (χ3v) is 4.18. The van der Waals surface area contributed by atoms with Crippen LogP contribution in [0.2, 0.25) is 0 Å². The van der Waals surface area contributed by atoms with E-state index in [1.54, 1.807) is 7.11 Å². The summed E-state index contributed by atoms with van der Waals surface area (Å²) in [5, 5.41) is 8.78. The van der Waals surface area contributed by atoms with Crippen molar-refractivity contribution in [3.63, 3.8) is 0 Å². The van der Waals surface area contributed by atoms with Crippen molar-refractivity contribution >= 4 is 9.84 Å². The first-order chi connectivity index (χ1) is 7.33. The Morgan fingerprint density at radius 1 is 1.25 bits per heavy atom. The second-order valence-electron chi connectivity index (χ2n) is 4.60. The van der Waals surface area contributed by atoms with E-state index in [2.05, 4.69) is 6.07 Å². The maximum Gasteiger partial charge on any atom is 0.150 e. The van der Waals surface area contributed by atoms with E-state index >= 15 is 0 Å². The van der Waals surface area contributed by atoms with Crippen LogP contribution >= 0.6 is 0 Å². The van der Waals surface area contributed by atoms with Crippen molar-refractivity contribution in [2.24, 2.45) is 5.41 Å². The molecule has 0 N–H and O–H groups in total. The van der Waals surface area contributed by atoms with Gasteiger partial charge in [0, 0.05) is 13.7 Å². The minimum absolute atomic E-state index is 0.168. The molecule has 0 aliphatic carbocycles. The van der Waals surface area contributed by atoms with Crippen molar-refractivity contribution in [1.29, 1.82) is 5.26 Å². The molecule has 0 aromatic heterocycles. The molecule has 0 saturated heterocycles. The van der Waals surface area contributed by atoms with Gasteiger partial charge >= 0.3 is 0 Å². The molecule has 0 spiro atoms. The summed E-state index contributed by atoms with van der Waals surface area (Å²) in [6.07, 6.45) is 1.71. The molecule has 0 aromatic rings. The number of ether oxygens (including phenoxy) is 1. The molecule has 0 radical (unpaired) electrons. The van der Waals surface area contributed by atoms with Gasteiger partial charge in [0.2, 0.25) is 0 Å². The number of methoxy groups -OCH3 is 1. The highest BCUT2D eigenvalue weighted by Crippen LogP contribution is 2.21. The fourth-order valence-electron chi connectivity index (χ4n) is 1.32. The summed E-state index contributed by atoms with van der Waals surface area (Å²) < 4.78 is 27.9. The molecule has 0 aliphatic rings. The first-order valence-electron chi connectivity index (χ1n) is 5.43. The van der Waals surface area contributed by atoms with Crippen LogP contribution in [0, 0.1) is 16.7 Å². The van der Waals surface area contributed by atoms with Crippen LogP contribution in [-0.2, 0) is 14.6 Å². The summed E-state index contributed by atoms with van der Waals surface area (Å²) >= 11 is 0. The fraction of sp³-hybridized carbons (Fsp3) is 0.909. The zero-order chi connectivity index (χ0) is 12.7. The molecule has 0 heterocycles.